The van der Waals surface area contributed by atoms with Gasteiger partial charge in [-0.2, -0.15) is 0 Å². The summed E-state index contributed by atoms with van der Waals surface area (Å²) in [5.41, 5.74) is -0.650. The zero-order valence-electron chi connectivity index (χ0n) is 10.6. The molecule has 1 aliphatic heterocycles. The Balaban J connectivity index is 2.08. The molecule has 0 aliphatic carbocycles. The van der Waals surface area contributed by atoms with E-state index in [1.54, 1.807) is 7.11 Å². The summed E-state index contributed by atoms with van der Waals surface area (Å²) < 4.78 is 4.98. The Morgan fingerprint density at radius 2 is 2.12 bits per heavy atom. The average molecular weight is 230 g/mol. The largest absolute Gasteiger partial charge is 0.389 e. The van der Waals surface area contributed by atoms with Crippen LogP contribution in [0.25, 0.3) is 0 Å². The highest BCUT2D eigenvalue weighted by Crippen LogP contribution is 2.11. The lowest BCUT2D eigenvalue weighted by Crippen LogP contribution is -2.42. The molecule has 0 aromatic heterocycles. The molecular formula is C12H26N2O2. The number of rotatable bonds is 7. The van der Waals surface area contributed by atoms with E-state index < -0.39 is 5.60 Å². The van der Waals surface area contributed by atoms with Crippen LogP contribution in [0.4, 0.5) is 0 Å². The van der Waals surface area contributed by atoms with Crippen molar-refractivity contribution in [3.63, 3.8) is 0 Å². The van der Waals surface area contributed by atoms with Crippen molar-refractivity contribution in [2.24, 2.45) is 5.92 Å². The fourth-order valence-electron chi connectivity index (χ4n) is 2.04. The summed E-state index contributed by atoms with van der Waals surface area (Å²) in [4.78, 5) is 0. The van der Waals surface area contributed by atoms with Gasteiger partial charge in [0, 0.05) is 26.7 Å². The lowest BCUT2D eigenvalue weighted by Gasteiger charge is -2.27. The van der Waals surface area contributed by atoms with Gasteiger partial charge in [-0.1, -0.05) is 0 Å². The van der Waals surface area contributed by atoms with Crippen LogP contribution in [0.1, 0.15) is 26.2 Å². The summed E-state index contributed by atoms with van der Waals surface area (Å²) in [6.45, 7) is 6.41. The SMILES string of the molecule is COCCC(C)(O)CNCC1CCNCC1. The maximum Gasteiger partial charge on any atom is 0.0765 e. The molecule has 0 amide bonds. The number of aliphatic hydroxyl groups is 1. The summed E-state index contributed by atoms with van der Waals surface area (Å²) in [6, 6.07) is 0. The second kappa shape index (κ2) is 7.22. The van der Waals surface area contributed by atoms with Crippen LogP contribution in [-0.2, 0) is 4.74 Å². The lowest BCUT2D eigenvalue weighted by atomic mass is 9.97. The number of nitrogens with one attached hydrogen (secondary N) is 2. The molecule has 4 heteroatoms. The van der Waals surface area contributed by atoms with Gasteiger partial charge in [-0.25, -0.2) is 0 Å². The molecule has 1 aliphatic rings. The summed E-state index contributed by atoms with van der Waals surface area (Å²) >= 11 is 0. The third-order valence-electron chi connectivity index (χ3n) is 3.24. The molecule has 0 radical (unpaired) electrons. The first-order valence-corrected chi connectivity index (χ1v) is 6.27. The van der Waals surface area contributed by atoms with Crippen molar-refractivity contribution < 1.29 is 9.84 Å². The van der Waals surface area contributed by atoms with Crippen LogP contribution < -0.4 is 10.6 Å². The Hall–Kier alpha value is -0.160. The molecule has 0 spiro atoms. The number of ether oxygens (including phenoxy) is 1. The highest BCUT2D eigenvalue weighted by molar-refractivity contribution is 4.77. The van der Waals surface area contributed by atoms with Crippen LogP contribution in [0.3, 0.4) is 0 Å². The molecule has 1 heterocycles. The summed E-state index contributed by atoms with van der Waals surface area (Å²) in [7, 11) is 1.67. The van der Waals surface area contributed by atoms with E-state index >= 15 is 0 Å². The Morgan fingerprint density at radius 1 is 1.44 bits per heavy atom. The van der Waals surface area contributed by atoms with Gasteiger partial charge in [0.05, 0.1) is 5.60 Å². The average Bonchev–Trinajstić information content (AvgIpc) is 2.28. The van der Waals surface area contributed by atoms with Crippen molar-refractivity contribution in [3.05, 3.63) is 0 Å². The highest BCUT2D eigenvalue weighted by Gasteiger charge is 2.20. The molecule has 0 aromatic rings. The molecule has 1 saturated heterocycles. The first-order chi connectivity index (χ1) is 7.64. The minimum Gasteiger partial charge on any atom is -0.389 e. The van der Waals surface area contributed by atoms with E-state index in [9.17, 15) is 5.11 Å². The molecule has 0 saturated carbocycles. The topological polar surface area (TPSA) is 53.5 Å². The van der Waals surface area contributed by atoms with E-state index in [0.717, 1.165) is 25.6 Å². The van der Waals surface area contributed by atoms with Gasteiger partial charge in [0.25, 0.3) is 0 Å². The van der Waals surface area contributed by atoms with Crippen LogP contribution >= 0.6 is 0 Å². The van der Waals surface area contributed by atoms with E-state index in [-0.39, 0.29) is 0 Å². The molecule has 1 atom stereocenters. The molecule has 1 fully saturated rings. The fraction of sp³-hybridized carbons (Fsp3) is 1.00. The van der Waals surface area contributed by atoms with E-state index in [1.807, 2.05) is 6.92 Å². The first-order valence-electron chi connectivity index (χ1n) is 6.27. The van der Waals surface area contributed by atoms with Crippen molar-refractivity contribution in [1.82, 2.24) is 10.6 Å². The fourth-order valence-corrected chi connectivity index (χ4v) is 2.04. The number of piperidine rings is 1. The Morgan fingerprint density at radius 3 is 2.75 bits per heavy atom. The molecule has 0 aromatic carbocycles. The molecular weight excluding hydrogens is 204 g/mol. The van der Waals surface area contributed by atoms with Gasteiger partial charge in [0.15, 0.2) is 0 Å². The highest BCUT2D eigenvalue weighted by atomic mass is 16.5. The van der Waals surface area contributed by atoms with Crippen LogP contribution in [0.2, 0.25) is 0 Å². The van der Waals surface area contributed by atoms with Gasteiger partial charge >= 0.3 is 0 Å². The predicted octanol–water partition coefficient (Wildman–Crippen LogP) is 0.363. The third kappa shape index (κ3) is 5.80. The minimum atomic E-state index is -0.650. The zero-order valence-corrected chi connectivity index (χ0v) is 10.6. The Labute approximate surface area is 98.8 Å². The van der Waals surface area contributed by atoms with Crippen molar-refractivity contribution >= 4 is 0 Å². The van der Waals surface area contributed by atoms with Gasteiger partial charge in [-0.05, 0) is 45.3 Å². The Kier molecular flexibility index (Phi) is 6.28. The van der Waals surface area contributed by atoms with Gasteiger partial charge in [-0.15, -0.1) is 0 Å². The van der Waals surface area contributed by atoms with Crippen LogP contribution in [0.5, 0.6) is 0 Å². The van der Waals surface area contributed by atoms with E-state index in [4.69, 9.17) is 4.74 Å². The van der Waals surface area contributed by atoms with Crippen LogP contribution in [0, 0.1) is 5.92 Å². The molecule has 3 N–H and O–H groups in total. The van der Waals surface area contributed by atoms with E-state index in [2.05, 4.69) is 10.6 Å². The second-order valence-electron chi connectivity index (χ2n) is 5.06. The zero-order chi connectivity index (χ0) is 11.9. The molecule has 96 valence electrons. The summed E-state index contributed by atoms with van der Waals surface area (Å²) in [5, 5.41) is 16.7. The van der Waals surface area contributed by atoms with E-state index in [1.165, 1.54) is 12.8 Å². The van der Waals surface area contributed by atoms with Gasteiger partial charge < -0.3 is 20.5 Å². The normalized spacial score (nSPS) is 21.9. The molecule has 0 bridgehead atoms. The number of hydrogen-bond acceptors (Lipinski definition) is 4. The standard InChI is InChI=1S/C12H26N2O2/c1-12(15,5-8-16-2)10-14-9-11-3-6-13-7-4-11/h11,13-15H,3-10H2,1-2H3. The van der Waals surface area contributed by atoms with Gasteiger partial charge in [-0.3, -0.25) is 0 Å². The monoisotopic (exact) mass is 230 g/mol. The van der Waals surface area contributed by atoms with Crippen molar-refractivity contribution in [2.45, 2.75) is 31.8 Å². The third-order valence-corrected chi connectivity index (χ3v) is 3.24. The lowest BCUT2D eigenvalue weighted by molar-refractivity contribution is 0.0241. The molecule has 4 nitrogen and oxygen atoms in total. The Bertz CT molecular complexity index is 180. The van der Waals surface area contributed by atoms with Crippen molar-refractivity contribution in [3.8, 4) is 0 Å². The first kappa shape index (κ1) is 13.9. The van der Waals surface area contributed by atoms with E-state index in [0.29, 0.717) is 19.6 Å². The second-order valence-corrected chi connectivity index (χ2v) is 5.06. The quantitative estimate of drug-likeness (QED) is 0.591. The molecule has 1 rings (SSSR count). The number of hydrogen-bond donors (Lipinski definition) is 3. The molecule has 1 unspecified atom stereocenters. The van der Waals surface area contributed by atoms with Gasteiger partial charge in [0.2, 0.25) is 0 Å². The summed E-state index contributed by atoms with van der Waals surface area (Å²) in [5.74, 6) is 0.763. The van der Waals surface area contributed by atoms with Crippen LogP contribution in [-0.4, -0.2) is 50.6 Å². The minimum absolute atomic E-state index is 0.613. The van der Waals surface area contributed by atoms with Crippen LogP contribution in [0.15, 0.2) is 0 Å². The summed E-state index contributed by atoms with van der Waals surface area (Å²) in [6.07, 6.45) is 3.17. The molecule has 16 heavy (non-hydrogen) atoms. The predicted molar refractivity (Wildman–Crippen MR) is 65.6 cm³/mol. The smallest absolute Gasteiger partial charge is 0.0765 e. The maximum atomic E-state index is 10.0. The van der Waals surface area contributed by atoms with Crippen molar-refractivity contribution in [2.75, 3.05) is 39.9 Å². The van der Waals surface area contributed by atoms with Crippen molar-refractivity contribution in [1.29, 1.82) is 0 Å². The van der Waals surface area contributed by atoms with Gasteiger partial charge in [0.1, 0.15) is 0 Å². The number of methoxy groups -OCH3 is 1. The maximum absolute atomic E-state index is 10.0.